The predicted molar refractivity (Wildman–Crippen MR) is 79.0 cm³/mol. The van der Waals surface area contributed by atoms with Crippen LogP contribution in [-0.2, 0) is 14.3 Å². The minimum absolute atomic E-state index is 0.0148. The van der Waals surface area contributed by atoms with Crippen molar-refractivity contribution in [3.63, 3.8) is 0 Å². The zero-order chi connectivity index (χ0) is 16.0. The number of nitrogens with one attached hydrogen (secondary N) is 1. The van der Waals surface area contributed by atoms with Crippen molar-refractivity contribution in [1.29, 1.82) is 0 Å². The Hall–Kier alpha value is -1.70. The maximum atomic E-state index is 12.1. The second kappa shape index (κ2) is 5.49. The number of carbonyl (C=O) groups excluding carboxylic acids is 2. The molecule has 2 N–H and O–H groups in total. The van der Waals surface area contributed by atoms with Gasteiger partial charge in [0.2, 0.25) is 0 Å². The number of thioether (sulfide) groups is 1. The minimum Gasteiger partial charge on any atom is -0.477 e. The smallest absolute Gasteiger partial charge is 0.408 e. The van der Waals surface area contributed by atoms with E-state index in [9.17, 15) is 14.4 Å². The van der Waals surface area contributed by atoms with Crippen molar-refractivity contribution in [3.8, 4) is 0 Å². The molecule has 2 amide bonds. The van der Waals surface area contributed by atoms with Crippen molar-refractivity contribution in [2.45, 2.75) is 49.5 Å². The number of β-lactam (4-membered cyclic amide) rings is 1. The quantitative estimate of drug-likeness (QED) is 0.753. The maximum absolute atomic E-state index is 12.1. The molecule has 0 aromatic carbocycles. The Labute approximate surface area is 132 Å². The average molecular weight is 326 g/mol. The van der Waals surface area contributed by atoms with Gasteiger partial charge in [-0.3, -0.25) is 9.69 Å². The third kappa shape index (κ3) is 2.67. The molecule has 0 spiro atoms. The summed E-state index contributed by atoms with van der Waals surface area (Å²) in [5.41, 5.74) is -0.0148. The molecule has 3 unspecified atom stereocenters. The first kappa shape index (κ1) is 15.2. The van der Waals surface area contributed by atoms with Crippen LogP contribution in [0, 0.1) is 5.92 Å². The molecule has 120 valence electrons. The summed E-state index contributed by atoms with van der Waals surface area (Å²) in [5, 5.41) is 11.3. The van der Waals surface area contributed by atoms with Gasteiger partial charge in [-0.05, 0) is 38.7 Å². The van der Waals surface area contributed by atoms with E-state index in [1.54, 1.807) is 6.08 Å². The lowest BCUT2D eigenvalue weighted by atomic mass is 10.1. The molecule has 1 aliphatic carbocycles. The topological polar surface area (TPSA) is 95.9 Å². The Morgan fingerprint density at radius 3 is 2.77 bits per heavy atom. The van der Waals surface area contributed by atoms with Crippen molar-refractivity contribution in [1.82, 2.24) is 10.2 Å². The standard InChI is InChI=1S/C14H18N2O5S/c1-6-5-9(13(18)19)16-11(17)10(12(16)22-6)15-14(20)21-7(2)8-3-4-8/h5-8,10,12H,3-4H2,1-2H3,(H,15,20)(H,18,19)/t6?,7?,10?,12-/m0/s1. The van der Waals surface area contributed by atoms with Gasteiger partial charge in [0, 0.05) is 5.25 Å². The van der Waals surface area contributed by atoms with Gasteiger partial charge in [0.25, 0.3) is 5.91 Å². The van der Waals surface area contributed by atoms with E-state index in [1.165, 1.54) is 16.7 Å². The fourth-order valence-corrected chi connectivity index (χ4v) is 4.05. The summed E-state index contributed by atoms with van der Waals surface area (Å²) in [4.78, 5) is 36.4. The SMILES string of the molecule is CC1C=C(C(=O)O)N2C(=O)C(NC(=O)OC(C)C3CC3)[C@@H]2S1. The largest absolute Gasteiger partial charge is 0.477 e. The number of hydrogen-bond donors (Lipinski definition) is 2. The third-order valence-electron chi connectivity index (χ3n) is 4.12. The molecule has 3 aliphatic rings. The number of amides is 2. The average Bonchev–Trinajstić information content (AvgIpc) is 3.28. The number of fused-ring (bicyclic) bond motifs is 1. The highest BCUT2D eigenvalue weighted by Gasteiger charge is 2.54. The van der Waals surface area contributed by atoms with E-state index in [2.05, 4.69) is 5.32 Å². The summed E-state index contributed by atoms with van der Waals surface area (Å²) in [5.74, 6) is -1.12. The number of carboxylic acid groups (broad SMARTS) is 1. The summed E-state index contributed by atoms with van der Waals surface area (Å²) < 4.78 is 5.25. The first-order chi connectivity index (χ1) is 10.4. The van der Waals surface area contributed by atoms with Gasteiger partial charge >= 0.3 is 12.1 Å². The number of hydrogen-bond acceptors (Lipinski definition) is 5. The molecule has 1 saturated heterocycles. The summed E-state index contributed by atoms with van der Waals surface area (Å²) in [7, 11) is 0. The van der Waals surface area contributed by atoms with Crippen LogP contribution >= 0.6 is 11.8 Å². The van der Waals surface area contributed by atoms with Crippen LogP contribution in [0.1, 0.15) is 26.7 Å². The highest BCUT2D eigenvalue weighted by Crippen LogP contribution is 2.41. The van der Waals surface area contributed by atoms with Crippen molar-refractivity contribution < 1.29 is 24.2 Å². The van der Waals surface area contributed by atoms with Gasteiger partial charge in [-0.2, -0.15) is 0 Å². The fourth-order valence-electron chi connectivity index (χ4n) is 2.72. The van der Waals surface area contributed by atoms with E-state index in [0.29, 0.717) is 5.92 Å². The van der Waals surface area contributed by atoms with E-state index in [-0.39, 0.29) is 22.4 Å². The summed E-state index contributed by atoms with van der Waals surface area (Å²) in [6.45, 7) is 3.70. The molecular formula is C14H18N2O5S. The monoisotopic (exact) mass is 326 g/mol. The molecule has 8 heteroatoms. The number of carbonyl (C=O) groups is 3. The first-order valence-electron chi connectivity index (χ1n) is 7.29. The molecule has 2 heterocycles. The number of alkyl carbamates (subject to hydrolysis) is 1. The fraction of sp³-hybridized carbons (Fsp3) is 0.643. The van der Waals surface area contributed by atoms with Crippen LogP contribution in [0.25, 0.3) is 0 Å². The Balaban J connectivity index is 1.62. The van der Waals surface area contributed by atoms with Gasteiger partial charge in [0.05, 0.1) is 0 Å². The Morgan fingerprint density at radius 1 is 1.50 bits per heavy atom. The molecule has 0 aromatic heterocycles. The number of ether oxygens (including phenoxy) is 1. The van der Waals surface area contributed by atoms with Gasteiger partial charge in [0.1, 0.15) is 23.2 Å². The normalized spacial score (nSPS) is 31.5. The molecule has 22 heavy (non-hydrogen) atoms. The summed E-state index contributed by atoms with van der Waals surface area (Å²) >= 11 is 1.44. The van der Waals surface area contributed by atoms with Crippen LogP contribution in [0.4, 0.5) is 4.79 Å². The summed E-state index contributed by atoms with van der Waals surface area (Å²) in [6, 6.07) is -0.727. The molecule has 7 nitrogen and oxygen atoms in total. The van der Waals surface area contributed by atoms with E-state index >= 15 is 0 Å². The van der Waals surface area contributed by atoms with Crippen LogP contribution in [0.15, 0.2) is 11.8 Å². The second-order valence-corrected chi connectivity index (χ2v) is 7.37. The lowest BCUT2D eigenvalue weighted by molar-refractivity contribution is -0.148. The molecule has 3 rings (SSSR count). The Morgan fingerprint density at radius 2 is 2.18 bits per heavy atom. The Bertz CT molecular complexity index is 559. The minimum atomic E-state index is -1.13. The lowest BCUT2D eigenvalue weighted by Crippen LogP contribution is -2.70. The second-order valence-electron chi connectivity index (χ2n) is 5.87. The highest BCUT2D eigenvalue weighted by atomic mass is 32.2. The zero-order valence-electron chi connectivity index (χ0n) is 12.3. The molecule has 0 aromatic rings. The van der Waals surface area contributed by atoms with Crippen LogP contribution < -0.4 is 5.32 Å². The number of nitrogens with zero attached hydrogens (tertiary/aromatic N) is 1. The number of aliphatic carboxylic acids is 1. The van der Waals surface area contributed by atoms with Gasteiger partial charge in [-0.25, -0.2) is 9.59 Å². The molecule has 0 bridgehead atoms. The number of rotatable bonds is 4. The van der Waals surface area contributed by atoms with Crippen molar-refractivity contribution in [3.05, 3.63) is 11.8 Å². The highest BCUT2D eigenvalue weighted by molar-refractivity contribution is 8.00. The van der Waals surface area contributed by atoms with Crippen LogP contribution in [0.5, 0.6) is 0 Å². The maximum Gasteiger partial charge on any atom is 0.408 e. The lowest BCUT2D eigenvalue weighted by Gasteiger charge is -2.49. The van der Waals surface area contributed by atoms with Crippen molar-refractivity contribution >= 4 is 29.7 Å². The van der Waals surface area contributed by atoms with E-state index in [0.717, 1.165) is 12.8 Å². The first-order valence-corrected chi connectivity index (χ1v) is 8.23. The van der Waals surface area contributed by atoms with Crippen molar-refractivity contribution in [2.75, 3.05) is 0 Å². The van der Waals surface area contributed by atoms with Crippen molar-refractivity contribution in [2.24, 2.45) is 5.92 Å². The van der Waals surface area contributed by atoms with Gasteiger partial charge in [0.15, 0.2) is 0 Å². The molecule has 1 saturated carbocycles. The van der Waals surface area contributed by atoms with Crippen LogP contribution in [0.3, 0.4) is 0 Å². The molecular weight excluding hydrogens is 308 g/mol. The molecule has 2 aliphatic heterocycles. The van der Waals surface area contributed by atoms with Gasteiger partial charge in [-0.15, -0.1) is 11.8 Å². The van der Waals surface area contributed by atoms with Gasteiger partial charge < -0.3 is 15.2 Å². The molecule has 4 atom stereocenters. The van der Waals surface area contributed by atoms with Crippen LogP contribution in [0.2, 0.25) is 0 Å². The predicted octanol–water partition coefficient (Wildman–Crippen LogP) is 1.15. The van der Waals surface area contributed by atoms with Gasteiger partial charge in [-0.1, -0.05) is 0 Å². The number of carboxylic acids is 1. The van der Waals surface area contributed by atoms with Crippen LogP contribution in [-0.4, -0.2) is 50.7 Å². The molecule has 2 fully saturated rings. The third-order valence-corrected chi connectivity index (χ3v) is 5.45. The summed E-state index contributed by atoms with van der Waals surface area (Å²) in [6.07, 6.45) is 2.90. The van der Waals surface area contributed by atoms with E-state index in [1.807, 2.05) is 13.8 Å². The van der Waals surface area contributed by atoms with E-state index in [4.69, 9.17) is 9.84 Å². The Kier molecular flexibility index (Phi) is 3.80. The zero-order valence-corrected chi connectivity index (χ0v) is 13.1. The molecule has 0 radical (unpaired) electrons. The van der Waals surface area contributed by atoms with E-state index < -0.39 is 24.0 Å².